The van der Waals surface area contributed by atoms with Gasteiger partial charge >= 0.3 is 6.09 Å². The molecule has 0 bridgehead atoms. The maximum absolute atomic E-state index is 10.5. The van der Waals surface area contributed by atoms with Crippen LogP contribution in [0.2, 0.25) is 0 Å². The third kappa shape index (κ3) is 9.10. The van der Waals surface area contributed by atoms with E-state index < -0.39 is 6.09 Å². The lowest BCUT2D eigenvalue weighted by molar-refractivity contribution is 0.0749. The Kier molecular flexibility index (Phi) is 8.70. The summed E-state index contributed by atoms with van der Waals surface area (Å²) in [5.41, 5.74) is 0. The molecule has 0 aliphatic heterocycles. The number of rotatable bonds is 7. The fraction of sp³-hybridized carbons (Fsp3) is 0.875. The first kappa shape index (κ1) is 12.2. The van der Waals surface area contributed by atoms with Crippen molar-refractivity contribution in [2.75, 3.05) is 40.0 Å². The SMILES string of the molecule is CCNCCOCCOC(=O)NC. The molecule has 0 aromatic carbocycles. The molecule has 13 heavy (non-hydrogen) atoms. The minimum Gasteiger partial charge on any atom is -0.447 e. The molecule has 0 unspecified atom stereocenters. The van der Waals surface area contributed by atoms with E-state index in [2.05, 4.69) is 10.6 Å². The van der Waals surface area contributed by atoms with Crippen LogP contribution in [-0.4, -0.2) is 46.1 Å². The van der Waals surface area contributed by atoms with Crippen LogP contribution in [0.3, 0.4) is 0 Å². The van der Waals surface area contributed by atoms with Gasteiger partial charge in [-0.1, -0.05) is 6.92 Å². The lowest BCUT2D eigenvalue weighted by Crippen LogP contribution is -2.23. The van der Waals surface area contributed by atoms with Gasteiger partial charge < -0.3 is 20.1 Å². The second kappa shape index (κ2) is 9.28. The smallest absolute Gasteiger partial charge is 0.406 e. The predicted molar refractivity (Wildman–Crippen MR) is 49.8 cm³/mol. The van der Waals surface area contributed by atoms with Gasteiger partial charge in [-0.3, -0.25) is 0 Å². The zero-order chi connectivity index (χ0) is 9.94. The molecule has 0 atom stereocenters. The quantitative estimate of drug-likeness (QED) is 0.553. The van der Waals surface area contributed by atoms with Crippen LogP contribution in [-0.2, 0) is 9.47 Å². The summed E-state index contributed by atoms with van der Waals surface area (Å²) < 4.78 is 9.87. The Balaban J connectivity index is 2.95. The maximum Gasteiger partial charge on any atom is 0.406 e. The second-order valence-corrected chi connectivity index (χ2v) is 2.35. The highest BCUT2D eigenvalue weighted by molar-refractivity contribution is 5.66. The number of nitrogens with one attached hydrogen (secondary N) is 2. The van der Waals surface area contributed by atoms with Crippen LogP contribution in [0.5, 0.6) is 0 Å². The third-order valence-corrected chi connectivity index (χ3v) is 1.34. The van der Waals surface area contributed by atoms with E-state index in [9.17, 15) is 4.79 Å². The Morgan fingerprint density at radius 1 is 1.31 bits per heavy atom. The number of likely N-dealkylation sites (N-methyl/N-ethyl adjacent to an activating group) is 1. The number of carbonyl (C=O) groups excluding carboxylic acids is 1. The largest absolute Gasteiger partial charge is 0.447 e. The van der Waals surface area contributed by atoms with E-state index >= 15 is 0 Å². The van der Waals surface area contributed by atoms with Gasteiger partial charge in [0, 0.05) is 13.6 Å². The molecule has 0 heterocycles. The molecule has 0 saturated carbocycles. The topological polar surface area (TPSA) is 59.6 Å². The molecule has 1 amide bonds. The number of hydrogen-bond donors (Lipinski definition) is 2. The summed E-state index contributed by atoms with van der Waals surface area (Å²) in [5, 5.41) is 5.46. The third-order valence-electron chi connectivity index (χ3n) is 1.34. The molecular weight excluding hydrogens is 172 g/mol. The summed E-state index contributed by atoms with van der Waals surface area (Å²) in [6.45, 7) is 5.19. The number of alkyl carbamates (subject to hydrolysis) is 1. The van der Waals surface area contributed by atoms with Crippen molar-refractivity contribution in [2.24, 2.45) is 0 Å². The molecule has 0 fully saturated rings. The van der Waals surface area contributed by atoms with Gasteiger partial charge in [0.1, 0.15) is 6.61 Å². The van der Waals surface area contributed by atoms with E-state index in [0.29, 0.717) is 19.8 Å². The van der Waals surface area contributed by atoms with E-state index in [1.165, 1.54) is 7.05 Å². The zero-order valence-electron chi connectivity index (χ0n) is 8.26. The van der Waals surface area contributed by atoms with E-state index in [1.54, 1.807) is 0 Å². The first-order valence-electron chi connectivity index (χ1n) is 4.44. The van der Waals surface area contributed by atoms with E-state index in [-0.39, 0.29) is 0 Å². The van der Waals surface area contributed by atoms with Gasteiger partial charge in [-0.05, 0) is 6.54 Å². The van der Waals surface area contributed by atoms with E-state index in [1.807, 2.05) is 6.92 Å². The summed E-state index contributed by atoms with van der Waals surface area (Å²) in [5.74, 6) is 0. The Morgan fingerprint density at radius 3 is 2.69 bits per heavy atom. The van der Waals surface area contributed by atoms with Gasteiger partial charge in [0.2, 0.25) is 0 Å². The molecule has 78 valence electrons. The van der Waals surface area contributed by atoms with E-state index in [0.717, 1.165) is 13.1 Å². The zero-order valence-corrected chi connectivity index (χ0v) is 8.26. The first-order chi connectivity index (χ1) is 6.31. The molecule has 5 heteroatoms. The van der Waals surface area contributed by atoms with Crippen LogP contribution in [0.25, 0.3) is 0 Å². The van der Waals surface area contributed by atoms with Crippen LogP contribution in [0.1, 0.15) is 6.92 Å². The van der Waals surface area contributed by atoms with Crippen LogP contribution < -0.4 is 10.6 Å². The van der Waals surface area contributed by atoms with Crippen molar-refractivity contribution in [1.82, 2.24) is 10.6 Å². The molecule has 0 aromatic rings. The molecule has 2 N–H and O–H groups in total. The Morgan fingerprint density at radius 2 is 2.08 bits per heavy atom. The minimum atomic E-state index is -0.421. The van der Waals surface area contributed by atoms with Crippen molar-refractivity contribution in [3.8, 4) is 0 Å². The van der Waals surface area contributed by atoms with Crippen molar-refractivity contribution >= 4 is 6.09 Å². The molecule has 5 nitrogen and oxygen atoms in total. The fourth-order valence-corrected chi connectivity index (χ4v) is 0.689. The summed E-state index contributed by atoms with van der Waals surface area (Å²) >= 11 is 0. The molecule has 0 radical (unpaired) electrons. The maximum atomic E-state index is 10.5. The van der Waals surface area contributed by atoms with Gasteiger partial charge in [0.05, 0.1) is 13.2 Å². The molecule has 0 aliphatic rings. The molecule has 0 spiro atoms. The summed E-state index contributed by atoms with van der Waals surface area (Å²) in [7, 11) is 1.52. The van der Waals surface area contributed by atoms with Crippen molar-refractivity contribution in [3.05, 3.63) is 0 Å². The standard InChI is InChI=1S/C8H18N2O3/c1-3-10-4-5-12-6-7-13-8(11)9-2/h10H,3-7H2,1-2H3,(H,9,11). The number of amides is 1. The van der Waals surface area contributed by atoms with Crippen LogP contribution in [0.4, 0.5) is 4.79 Å². The lowest BCUT2D eigenvalue weighted by Gasteiger charge is -2.05. The first-order valence-corrected chi connectivity index (χ1v) is 4.44. The van der Waals surface area contributed by atoms with E-state index in [4.69, 9.17) is 9.47 Å². The van der Waals surface area contributed by atoms with Crippen LogP contribution in [0.15, 0.2) is 0 Å². The lowest BCUT2D eigenvalue weighted by atomic mass is 10.6. The number of ether oxygens (including phenoxy) is 2. The van der Waals surface area contributed by atoms with Gasteiger partial charge in [0.15, 0.2) is 0 Å². The van der Waals surface area contributed by atoms with Crippen molar-refractivity contribution in [2.45, 2.75) is 6.92 Å². The highest BCUT2D eigenvalue weighted by Crippen LogP contribution is 1.78. The predicted octanol–water partition coefficient (Wildman–Crippen LogP) is -0.0315. The molecule has 0 saturated heterocycles. The van der Waals surface area contributed by atoms with Crippen molar-refractivity contribution in [1.29, 1.82) is 0 Å². The van der Waals surface area contributed by atoms with Crippen LogP contribution in [0, 0.1) is 0 Å². The van der Waals surface area contributed by atoms with Crippen molar-refractivity contribution < 1.29 is 14.3 Å². The van der Waals surface area contributed by atoms with Gasteiger partial charge in [-0.2, -0.15) is 0 Å². The summed E-state index contributed by atoms with van der Waals surface area (Å²) in [6.07, 6.45) is -0.421. The van der Waals surface area contributed by atoms with Gasteiger partial charge in [-0.15, -0.1) is 0 Å². The second-order valence-electron chi connectivity index (χ2n) is 2.35. The molecule has 0 aromatic heterocycles. The van der Waals surface area contributed by atoms with Crippen molar-refractivity contribution in [3.63, 3.8) is 0 Å². The highest BCUT2D eigenvalue weighted by Gasteiger charge is 1.95. The van der Waals surface area contributed by atoms with Crippen LogP contribution >= 0.6 is 0 Å². The highest BCUT2D eigenvalue weighted by atomic mass is 16.6. The Labute approximate surface area is 78.8 Å². The summed E-state index contributed by atoms with van der Waals surface area (Å²) in [6, 6.07) is 0. The Bertz CT molecular complexity index is 131. The van der Waals surface area contributed by atoms with Gasteiger partial charge in [0.25, 0.3) is 0 Å². The molecular formula is C8H18N2O3. The fourth-order valence-electron chi connectivity index (χ4n) is 0.689. The molecule has 0 aliphatic carbocycles. The number of hydrogen-bond acceptors (Lipinski definition) is 4. The minimum absolute atomic E-state index is 0.297. The molecule has 0 rings (SSSR count). The normalized spacial score (nSPS) is 9.69. The average Bonchev–Trinajstić information content (AvgIpc) is 2.16. The monoisotopic (exact) mass is 190 g/mol. The Hall–Kier alpha value is -0.810. The van der Waals surface area contributed by atoms with Gasteiger partial charge in [-0.25, -0.2) is 4.79 Å². The average molecular weight is 190 g/mol. The summed E-state index contributed by atoms with van der Waals surface area (Å²) in [4.78, 5) is 10.5. The number of carbonyl (C=O) groups is 1.